The molecule has 0 saturated heterocycles. The number of H-pyrrole nitrogens is 1. The summed E-state index contributed by atoms with van der Waals surface area (Å²) in [6, 6.07) is 10.2. The van der Waals surface area contributed by atoms with Crippen molar-refractivity contribution in [2.45, 2.75) is 20.3 Å². The molecule has 0 fully saturated rings. The van der Waals surface area contributed by atoms with Gasteiger partial charge >= 0.3 is 5.97 Å². The molecule has 0 spiro atoms. The summed E-state index contributed by atoms with van der Waals surface area (Å²) in [6.07, 6.45) is 0.693. The number of carbonyl (C=O) groups is 1. The fraction of sp³-hybridized carbons (Fsp3) is 0.400. The molecular weight excluding hydrogens is 226 g/mol. The Hall–Kier alpha value is -1.77. The lowest BCUT2D eigenvalue weighted by atomic mass is 9.91. The average Bonchev–Trinajstić information content (AvgIpc) is 2.77. The first-order valence-electron chi connectivity index (χ1n) is 6.26. The summed E-state index contributed by atoms with van der Waals surface area (Å²) in [5, 5.41) is 1.18. The highest BCUT2D eigenvalue weighted by Crippen LogP contribution is 2.21. The molecular formula is C15H19NO2. The molecule has 0 amide bonds. The third-order valence-corrected chi connectivity index (χ3v) is 3.33. The molecule has 0 bridgehead atoms. The van der Waals surface area contributed by atoms with Crippen LogP contribution in [-0.4, -0.2) is 18.1 Å². The second-order valence-electron chi connectivity index (χ2n) is 4.96. The van der Waals surface area contributed by atoms with E-state index < -0.39 is 0 Å². The van der Waals surface area contributed by atoms with E-state index in [0.717, 1.165) is 11.2 Å². The first-order valence-corrected chi connectivity index (χ1v) is 6.26. The lowest BCUT2D eigenvalue weighted by molar-refractivity contribution is -0.146. The van der Waals surface area contributed by atoms with Gasteiger partial charge in [-0.25, -0.2) is 0 Å². The van der Waals surface area contributed by atoms with E-state index in [-0.39, 0.29) is 17.8 Å². The van der Waals surface area contributed by atoms with Gasteiger partial charge in [0.25, 0.3) is 0 Å². The third-order valence-electron chi connectivity index (χ3n) is 3.33. The molecule has 3 nitrogen and oxygen atoms in total. The Balaban J connectivity index is 2.23. The molecule has 0 aliphatic rings. The highest BCUT2D eigenvalue weighted by Gasteiger charge is 2.23. The van der Waals surface area contributed by atoms with E-state index in [1.807, 2.05) is 32.0 Å². The smallest absolute Gasteiger partial charge is 0.309 e. The van der Waals surface area contributed by atoms with Gasteiger partial charge in [-0.3, -0.25) is 4.79 Å². The molecule has 18 heavy (non-hydrogen) atoms. The van der Waals surface area contributed by atoms with Crippen molar-refractivity contribution in [1.82, 2.24) is 4.98 Å². The predicted octanol–water partition coefficient (Wildman–Crippen LogP) is 3.16. The van der Waals surface area contributed by atoms with Gasteiger partial charge in [0.1, 0.15) is 0 Å². The highest BCUT2D eigenvalue weighted by atomic mass is 16.5. The van der Waals surface area contributed by atoms with Crippen molar-refractivity contribution in [3.8, 4) is 0 Å². The van der Waals surface area contributed by atoms with Gasteiger partial charge in [-0.15, -0.1) is 0 Å². The van der Waals surface area contributed by atoms with E-state index in [9.17, 15) is 4.79 Å². The molecule has 96 valence electrons. The van der Waals surface area contributed by atoms with Crippen molar-refractivity contribution in [3.63, 3.8) is 0 Å². The number of hydrogen-bond acceptors (Lipinski definition) is 2. The van der Waals surface area contributed by atoms with Crippen LogP contribution in [0.5, 0.6) is 0 Å². The SMILES string of the molecule is COC(=O)[C@H](Cc1cc2ccccc2[nH]1)C(C)C. The molecule has 1 atom stereocenters. The maximum Gasteiger partial charge on any atom is 0.309 e. The first-order chi connectivity index (χ1) is 8.61. The second-order valence-corrected chi connectivity index (χ2v) is 4.96. The third kappa shape index (κ3) is 2.55. The Morgan fingerprint density at radius 1 is 1.33 bits per heavy atom. The quantitative estimate of drug-likeness (QED) is 0.841. The van der Waals surface area contributed by atoms with Crippen LogP contribution in [0.4, 0.5) is 0 Å². The first kappa shape index (κ1) is 12.7. The number of rotatable bonds is 4. The number of ether oxygens (including phenoxy) is 1. The number of methoxy groups -OCH3 is 1. The van der Waals surface area contributed by atoms with Crippen molar-refractivity contribution in [2.75, 3.05) is 7.11 Å². The minimum Gasteiger partial charge on any atom is -0.469 e. The zero-order valence-corrected chi connectivity index (χ0v) is 11.1. The van der Waals surface area contributed by atoms with Gasteiger partial charge in [0, 0.05) is 17.6 Å². The summed E-state index contributed by atoms with van der Waals surface area (Å²) >= 11 is 0. The lowest BCUT2D eigenvalue weighted by Gasteiger charge is -2.17. The number of carbonyl (C=O) groups excluding carboxylic acids is 1. The maximum atomic E-state index is 11.7. The van der Waals surface area contributed by atoms with E-state index >= 15 is 0 Å². The van der Waals surface area contributed by atoms with Crippen LogP contribution in [0.25, 0.3) is 10.9 Å². The summed E-state index contributed by atoms with van der Waals surface area (Å²) in [7, 11) is 1.45. The Bertz CT molecular complexity index is 509. The van der Waals surface area contributed by atoms with Gasteiger partial charge in [-0.05, 0) is 23.4 Å². The summed E-state index contributed by atoms with van der Waals surface area (Å²) in [5.74, 6) is 0.0376. The van der Waals surface area contributed by atoms with Crippen LogP contribution in [0.15, 0.2) is 30.3 Å². The van der Waals surface area contributed by atoms with Crippen molar-refractivity contribution in [3.05, 3.63) is 36.0 Å². The lowest BCUT2D eigenvalue weighted by Crippen LogP contribution is -2.24. The van der Waals surface area contributed by atoms with Gasteiger partial charge < -0.3 is 9.72 Å². The van der Waals surface area contributed by atoms with E-state index in [2.05, 4.69) is 17.1 Å². The van der Waals surface area contributed by atoms with Crippen LogP contribution >= 0.6 is 0 Å². The minimum atomic E-state index is -0.136. The average molecular weight is 245 g/mol. The molecule has 1 aromatic heterocycles. The molecule has 1 N–H and O–H groups in total. The molecule has 0 unspecified atom stereocenters. The van der Waals surface area contributed by atoms with E-state index in [4.69, 9.17) is 4.74 Å². The fourth-order valence-corrected chi connectivity index (χ4v) is 2.22. The zero-order valence-electron chi connectivity index (χ0n) is 11.1. The summed E-state index contributed by atoms with van der Waals surface area (Å²) in [5.41, 5.74) is 2.19. The molecule has 3 heteroatoms. The number of para-hydroxylation sites is 1. The van der Waals surface area contributed by atoms with Crippen LogP contribution in [-0.2, 0) is 16.0 Å². The van der Waals surface area contributed by atoms with Gasteiger partial charge in [-0.1, -0.05) is 32.0 Å². The molecule has 1 aromatic carbocycles. The summed E-state index contributed by atoms with van der Waals surface area (Å²) in [6.45, 7) is 4.09. The Morgan fingerprint density at radius 3 is 2.67 bits per heavy atom. The predicted molar refractivity (Wildman–Crippen MR) is 72.3 cm³/mol. The second kappa shape index (κ2) is 5.25. The van der Waals surface area contributed by atoms with E-state index in [0.29, 0.717) is 6.42 Å². The molecule has 0 aliphatic heterocycles. The fourth-order valence-electron chi connectivity index (χ4n) is 2.22. The number of nitrogens with one attached hydrogen (secondary N) is 1. The van der Waals surface area contributed by atoms with E-state index in [1.54, 1.807) is 0 Å². The number of benzene rings is 1. The van der Waals surface area contributed by atoms with Gasteiger partial charge in [0.2, 0.25) is 0 Å². The van der Waals surface area contributed by atoms with Crippen molar-refractivity contribution in [2.24, 2.45) is 11.8 Å². The van der Waals surface area contributed by atoms with Crippen molar-refractivity contribution >= 4 is 16.9 Å². The molecule has 2 aromatic rings. The van der Waals surface area contributed by atoms with Crippen LogP contribution < -0.4 is 0 Å². The molecule has 1 heterocycles. The van der Waals surface area contributed by atoms with Crippen LogP contribution in [0.2, 0.25) is 0 Å². The number of fused-ring (bicyclic) bond motifs is 1. The maximum absolute atomic E-state index is 11.7. The zero-order chi connectivity index (χ0) is 13.1. The molecule has 0 radical (unpaired) electrons. The Labute approximate surface area is 107 Å². The number of hydrogen-bond donors (Lipinski definition) is 1. The van der Waals surface area contributed by atoms with Crippen LogP contribution in [0.3, 0.4) is 0 Å². The summed E-state index contributed by atoms with van der Waals surface area (Å²) < 4.78 is 4.87. The molecule has 0 saturated carbocycles. The summed E-state index contributed by atoms with van der Waals surface area (Å²) in [4.78, 5) is 15.1. The van der Waals surface area contributed by atoms with Crippen molar-refractivity contribution < 1.29 is 9.53 Å². The number of esters is 1. The standard InChI is InChI=1S/C15H19NO2/c1-10(2)13(15(17)18-3)9-12-8-11-6-4-5-7-14(11)16-12/h4-8,10,13,16H,9H2,1-3H3/t13-/m1/s1. The largest absolute Gasteiger partial charge is 0.469 e. The van der Waals surface area contributed by atoms with Crippen LogP contribution in [0, 0.1) is 11.8 Å². The Kier molecular flexibility index (Phi) is 3.70. The van der Waals surface area contributed by atoms with Gasteiger partial charge in [0.05, 0.1) is 13.0 Å². The molecule has 0 aliphatic carbocycles. The highest BCUT2D eigenvalue weighted by molar-refractivity contribution is 5.80. The monoisotopic (exact) mass is 245 g/mol. The number of aromatic amines is 1. The topological polar surface area (TPSA) is 42.1 Å². The Morgan fingerprint density at radius 2 is 2.06 bits per heavy atom. The normalized spacial score (nSPS) is 12.9. The van der Waals surface area contributed by atoms with Gasteiger partial charge in [-0.2, -0.15) is 0 Å². The van der Waals surface area contributed by atoms with Crippen molar-refractivity contribution in [1.29, 1.82) is 0 Å². The number of aromatic nitrogens is 1. The van der Waals surface area contributed by atoms with Gasteiger partial charge in [0.15, 0.2) is 0 Å². The van der Waals surface area contributed by atoms with Crippen LogP contribution in [0.1, 0.15) is 19.5 Å². The minimum absolute atomic E-state index is 0.0944. The molecule has 2 rings (SSSR count). The van der Waals surface area contributed by atoms with E-state index in [1.165, 1.54) is 12.5 Å².